The predicted octanol–water partition coefficient (Wildman–Crippen LogP) is 1.00. The zero-order valence-electron chi connectivity index (χ0n) is 10.2. The monoisotopic (exact) mass is 230 g/mol. The van der Waals surface area contributed by atoms with Gasteiger partial charge in [-0.25, -0.2) is 4.79 Å². The summed E-state index contributed by atoms with van der Waals surface area (Å²) in [6.07, 6.45) is 2.12. The molecule has 0 unspecified atom stereocenters. The second kappa shape index (κ2) is 6.92. The van der Waals surface area contributed by atoms with E-state index in [4.69, 9.17) is 10.9 Å². The van der Waals surface area contributed by atoms with Crippen LogP contribution in [0.3, 0.4) is 0 Å². The summed E-state index contributed by atoms with van der Waals surface area (Å²) in [4.78, 5) is 11.3. The Morgan fingerprint density at radius 1 is 1.38 bits per heavy atom. The van der Waals surface area contributed by atoms with E-state index in [0.29, 0.717) is 13.0 Å². The molecule has 0 aromatic carbocycles. The summed E-state index contributed by atoms with van der Waals surface area (Å²) < 4.78 is 0. The molecule has 5 N–H and O–H groups in total. The van der Waals surface area contributed by atoms with Crippen LogP contribution in [0.15, 0.2) is 5.16 Å². The normalized spacial score (nSPS) is 12.3. The Balaban J connectivity index is 3.49. The van der Waals surface area contributed by atoms with Gasteiger partial charge in [0, 0.05) is 18.5 Å². The summed E-state index contributed by atoms with van der Waals surface area (Å²) >= 11 is 0. The van der Waals surface area contributed by atoms with Gasteiger partial charge in [0.1, 0.15) is 5.84 Å². The summed E-state index contributed by atoms with van der Waals surface area (Å²) in [5.74, 6) is 0.221. The van der Waals surface area contributed by atoms with Crippen molar-refractivity contribution in [2.75, 3.05) is 6.54 Å². The highest BCUT2D eigenvalue weighted by Gasteiger charge is 2.12. The molecule has 0 aliphatic carbocycles. The lowest BCUT2D eigenvalue weighted by Crippen LogP contribution is -2.46. The number of amides is 2. The maximum atomic E-state index is 11.3. The number of urea groups is 1. The molecule has 0 atom stereocenters. The van der Waals surface area contributed by atoms with E-state index < -0.39 is 0 Å². The Kier molecular flexibility index (Phi) is 6.29. The summed E-state index contributed by atoms with van der Waals surface area (Å²) in [7, 11) is 0. The third-order valence-corrected chi connectivity index (χ3v) is 1.76. The molecule has 0 aliphatic heterocycles. The zero-order chi connectivity index (χ0) is 12.6. The maximum Gasteiger partial charge on any atom is 0.315 e. The molecule has 0 aromatic rings. The maximum absolute atomic E-state index is 11.3. The van der Waals surface area contributed by atoms with Crippen LogP contribution < -0.4 is 16.4 Å². The van der Waals surface area contributed by atoms with Crippen LogP contribution >= 0.6 is 0 Å². The summed E-state index contributed by atoms with van der Waals surface area (Å²) in [6, 6.07) is -0.170. The van der Waals surface area contributed by atoms with Crippen LogP contribution in [0.5, 0.6) is 0 Å². The van der Waals surface area contributed by atoms with E-state index in [1.165, 1.54) is 0 Å². The van der Waals surface area contributed by atoms with Crippen molar-refractivity contribution in [2.45, 2.75) is 45.6 Å². The number of nitrogens with zero attached hydrogens (tertiary/aromatic N) is 1. The van der Waals surface area contributed by atoms with Gasteiger partial charge in [-0.2, -0.15) is 0 Å². The summed E-state index contributed by atoms with van der Waals surface area (Å²) in [5, 5.41) is 16.7. The molecule has 0 bridgehead atoms. The predicted molar refractivity (Wildman–Crippen MR) is 63.5 cm³/mol. The Labute approximate surface area is 96.3 Å². The first-order chi connectivity index (χ1) is 7.35. The topological polar surface area (TPSA) is 99.7 Å². The second-order valence-corrected chi connectivity index (χ2v) is 4.68. The van der Waals surface area contributed by atoms with Crippen LogP contribution in [0.1, 0.15) is 40.0 Å². The van der Waals surface area contributed by atoms with Crippen molar-refractivity contribution in [3.63, 3.8) is 0 Å². The highest BCUT2D eigenvalue weighted by atomic mass is 16.4. The number of rotatable bonds is 5. The Morgan fingerprint density at radius 3 is 2.50 bits per heavy atom. The van der Waals surface area contributed by atoms with E-state index in [2.05, 4.69) is 15.8 Å². The van der Waals surface area contributed by atoms with Crippen molar-refractivity contribution in [3.05, 3.63) is 0 Å². The van der Waals surface area contributed by atoms with Crippen molar-refractivity contribution >= 4 is 11.9 Å². The highest BCUT2D eigenvalue weighted by molar-refractivity contribution is 5.79. The summed E-state index contributed by atoms with van der Waals surface area (Å²) in [5.41, 5.74) is 5.07. The fraction of sp³-hybridized carbons (Fsp3) is 0.800. The zero-order valence-corrected chi connectivity index (χ0v) is 10.2. The Hall–Kier alpha value is -1.46. The molecule has 0 saturated heterocycles. The van der Waals surface area contributed by atoms with E-state index in [0.717, 1.165) is 12.8 Å². The quantitative estimate of drug-likeness (QED) is 0.186. The lowest BCUT2D eigenvalue weighted by atomic mass is 10.1. The minimum Gasteiger partial charge on any atom is -0.409 e. The number of hydrogen-bond donors (Lipinski definition) is 4. The molecule has 94 valence electrons. The molecule has 0 saturated carbocycles. The molecule has 0 radical (unpaired) electrons. The molecule has 0 rings (SSSR count). The Bertz CT molecular complexity index is 246. The van der Waals surface area contributed by atoms with E-state index in [9.17, 15) is 4.79 Å². The number of nitrogens with one attached hydrogen (secondary N) is 2. The van der Waals surface area contributed by atoms with Crippen molar-refractivity contribution < 1.29 is 10.0 Å². The van der Waals surface area contributed by atoms with Crippen LogP contribution in [-0.2, 0) is 0 Å². The smallest absolute Gasteiger partial charge is 0.315 e. The van der Waals surface area contributed by atoms with Gasteiger partial charge in [0.25, 0.3) is 0 Å². The summed E-state index contributed by atoms with van der Waals surface area (Å²) in [6.45, 7) is 6.35. The number of oxime groups is 1. The van der Waals surface area contributed by atoms with Crippen LogP contribution in [0, 0.1) is 0 Å². The Morgan fingerprint density at radius 2 is 2.00 bits per heavy atom. The van der Waals surface area contributed by atoms with Crippen LogP contribution in [-0.4, -0.2) is 29.2 Å². The van der Waals surface area contributed by atoms with E-state index >= 15 is 0 Å². The van der Waals surface area contributed by atoms with Crippen molar-refractivity contribution in [2.24, 2.45) is 10.9 Å². The van der Waals surface area contributed by atoms with Gasteiger partial charge in [0.2, 0.25) is 0 Å². The molecule has 6 heteroatoms. The molecule has 0 spiro atoms. The third kappa shape index (κ3) is 9.11. The van der Waals surface area contributed by atoms with Gasteiger partial charge < -0.3 is 21.6 Å². The first-order valence-electron chi connectivity index (χ1n) is 5.37. The van der Waals surface area contributed by atoms with Crippen LogP contribution in [0.25, 0.3) is 0 Å². The molecule has 6 nitrogen and oxygen atoms in total. The number of amidine groups is 1. The van der Waals surface area contributed by atoms with Gasteiger partial charge in [-0.1, -0.05) is 5.16 Å². The van der Waals surface area contributed by atoms with Crippen molar-refractivity contribution in [1.82, 2.24) is 10.6 Å². The molecule has 2 amide bonds. The average Bonchev–Trinajstić information content (AvgIpc) is 2.14. The fourth-order valence-corrected chi connectivity index (χ4v) is 1.07. The third-order valence-electron chi connectivity index (χ3n) is 1.76. The molecule has 0 fully saturated rings. The largest absolute Gasteiger partial charge is 0.409 e. The standard InChI is InChI=1S/C10H22N4O2/c1-10(2,3)13-9(15)12-7-5-4-6-8(11)14-16/h16H,4-7H2,1-3H3,(H2,11,14)(H2,12,13,15). The van der Waals surface area contributed by atoms with Gasteiger partial charge in [-0.15, -0.1) is 0 Å². The van der Waals surface area contributed by atoms with Gasteiger partial charge in [0.15, 0.2) is 0 Å². The molecule has 0 aromatic heterocycles. The second-order valence-electron chi connectivity index (χ2n) is 4.68. The first kappa shape index (κ1) is 14.5. The number of unbranched alkanes of at least 4 members (excludes halogenated alkanes) is 1. The minimum atomic E-state index is -0.224. The van der Waals surface area contributed by atoms with Gasteiger partial charge in [-0.3, -0.25) is 0 Å². The van der Waals surface area contributed by atoms with Crippen LogP contribution in [0.4, 0.5) is 4.79 Å². The van der Waals surface area contributed by atoms with E-state index in [1.54, 1.807) is 0 Å². The van der Waals surface area contributed by atoms with Crippen molar-refractivity contribution in [3.8, 4) is 0 Å². The van der Waals surface area contributed by atoms with Crippen LogP contribution in [0.2, 0.25) is 0 Å². The van der Waals surface area contributed by atoms with Gasteiger partial charge in [-0.05, 0) is 33.6 Å². The SMILES string of the molecule is CC(C)(C)NC(=O)NCCCCC(N)=NO. The lowest BCUT2D eigenvalue weighted by molar-refractivity contribution is 0.232. The highest BCUT2D eigenvalue weighted by Crippen LogP contribution is 1.98. The number of carbonyl (C=O) groups is 1. The van der Waals surface area contributed by atoms with E-state index in [1.807, 2.05) is 20.8 Å². The first-order valence-corrected chi connectivity index (χ1v) is 5.37. The molecule has 0 heterocycles. The molecule has 16 heavy (non-hydrogen) atoms. The van der Waals surface area contributed by atoms with Crippen molar-refractivity contribution in [1.29, 1.82) is 0 Å². The molecular formula is C10H22N4O2. The average molecular weight is 230 g/mol. The van der Waals surface area contributed by atoms with Gasteiger partial charge in [0.05, 0.1) is 0 Å². The minimum absolute atomic E-state index is 0.170. The number of carbonyl (C=O) groups excluding carboxylic acids is 1. The van der Waals surface area contributed by atoms with Gasteiger partial charge >= 0.3 is 6.03 Å². The molecular weight excluding hydrogens is 208 g/mol. The number of nitrogens with two attached hydrogens (primary N) is 1. The van der Waals surface area contributed by atoms with E-state index in [-0.39, 0.29) is 17.4 Å². The number of hydrogen-bond acceptors (Lipinski definition) is 3. The fourth-order valence-electron chi connectivity index (χ4n) is 1.07. The lowest BCUT2D eigenvalue weighted by Gasteiger charge is -2.20. The molecule has 0 aliphatic rings.